The molecule has 0 bridgehead atoms. The van der Waals surface area contributed by atoms with E-state index in [1.807, 2.05) is 13.8 Å². The first-order valence-corrected chi connectivity index (χ1v) is 6.96. The SMILES string of the molecule is CNS(=O)(=O)CC(=O)N1CCNC(C)C1C. The summed E-state index contributed by atoms with van der Waals surface area (Å²) in [6.07, 6.45) is 0. The summed E-state index contributed by atoms with van der Waals surface area (Å²) in [5.74, 6) is -0.809. The number of rotatable bonds is 3. The highest BCUT2D eigenvalue weighted by molar-refractivity contribution is 7.90. The van der Waals surface area contributed by atoms with Gasteiger partial charge in [0.05, 0.1) is 0 Å². The minimum absolute atomic E-state index is 0.0216. The molecule has 0 aromatic rings. The van der Waals surface area contributed by atoms with E-state index in [1.165, 1.54) is 7.05 Å². The zero-order valence-electron chi connectivity index (χ0n) is 9.86. The van der Waals surface area contributed by atoms with Gasteiger partial charge in [0, 0.05) is 25.2 Å². The Labute approximate surface area is 96.4 Å². The molecular formula is C9H19N3O3S. The molecular weight excluding hydrogens is 230 g/mol. The van der Waals surface area contributed by atoms with E-state index in [4.69, 9.17) is 0 Å². The number of hydrogen-bond donors (Lipinski definition) is 2. The molecule has 0 spiro atoms. The molecule has 2 N–H and O–H groups in total. The topological polar surface area (TPSA) is 78.5 Å². The maximum absolute atomic E-state index is 11.8. The molecule has 1 rings (SSSR count). The summed E-state index contributed by atoms with van der Waals surface area (Å²) in [4.78, 5) is 13.4. The van der Waals surface area contributed by atoms with E-state index in [0.29, 0.717) is 13.1 Å². The molecule has 0 aromatic carbocycles. The summed E-state index contributed by atoms with van der Waals surface area (Å²) in [6, 6.07) is 0.211. The Morgan fingerprint density at radius 2 is 2.12 bits per heavy atom. The highest BCUT2D eigenvalue weighted by Crippen LogP contribution is 2.09. The lowest BCUT2D eigenvalue weighted by Crippen LogP contribution is -2.58. The van der Waals surface area contributed by atoms with Gasteiger partial charge in [-0.15, -0.1) is 0 Å². The summed E-state index contributed by atoms with van der Waals surface area (Å²) < 4.78 is 24.7. The van der Waals surface area contributed by atoms with Crippen molar-refractivity contribution in [3.63, 3.8) is 0 Å². The van der Waals surface area contributed by atoms with Crippen molar-refractivity contribution in [3.05, 3.63) is 0 Å². The van der Waals surface area contributed by atoms with E-state index in [2.05, 4.69) is 10.0 Å². The second-order valence-corrected chi connectivity index (χ2v) is 5.96. The molecule has 0 aliphatic carbocycles. The molecule has 0 aromatic heterocycles. The van der Waals surface area contributed by atoms with Crippen molar-refractivity contribution >= 4 is 15.9 Å². The number of sulfonamides is 1. The Hall–Kier alpha value is -0.660. The number of nitrogens with one attached hydrogen (secondary N) is 2. The van der Waals surface area contributed by atoms with Crippen LogP contribution in [0, 0.1) is 0 Å². The second kappa shape index (κ2) is 5.11. The predicted octanol–water partition coefficient (Wildman–Crippen LogP) is -1.26. The molecule has 1 aliphatic heterocycles. The molecule has 1 heterocycles. The van der Waals surface area contributed by atoms with Crippen molar-refractivity contribution < 1.29 is 13.2 Å². The molecule has 7 heteroatoms. The Morgan fingerprint density at radius 3 is 2.69 bits per heavy atom. The van der Waals surface area contributed by atoms with Crippen LogP contribution < -0.4 is 10.0 Å². The van der Waals surface area contributed by atoms with Gasteiger partial charge in [-0.25, -0.2) is 13.1 Å². The molecule has 2 unspecified atom stereocenters. The number of piperazine rings is 1. The summed E-state index contributed by atoms with van der Waals surface area (Å²) in [5, 5.41) is 3.23. The quantitative estimate of drug-likeness (QED) is 0.655. The van der Waals surface area contributed by atoms with Gasteiger partial charge in [0.1, 0.15) is 5.75 Å². The fourth-order valence-corrected chi connectivity index (χ4v) is 2.36. The number of carbonyl (C=O) groups excluding carboxylic acids is 1. The molecule has 6 nitrogen and oxygen atoms in total. The van der Waals surface area contributed by atoms with Gasteiger partial charge in [-0.2, -0.15) is 0 Å². The lowest BCUT2D eigenvalue weighted by Gasteiger charge is -2.38. The molecule has 2 atom stereocenters. The third-order valence-electron chi connectivity index (χ3n) is 2.98. The maximum atomic E-state index is 11.8. The first-order valence-electron chi connectivity index (χ1n) is 5.31. The van der Waals surface area contributed by atoms with Crippen molar-refractivity contribution in [2.75, 3.05) is 25.9 Å². The van der Waals surface area contributed by atoms with E-state index in [0.717, 1.165) is 0 Å². The monoisotopic (exact) mass is 249 g/mol. The first-order chi connectivity index (χ1) is 7.37. The standard InChI is InChI=1S/C9H19N3O3S/c1-7-8(2)12(5-4-11-7)9(13)6-16(14,15)10-3/h7-8,10-11H,4-6H2,1-3H3. The maximum Gasteiger partial charge on any atom is 0.239 e. The highest BCUT2D eigenvalue weighted by Gasteiger charge is 2.30. The summed E-state index contributed by atoms with van der Waals surface area (Å²) in [7, 11) is -2.16. The van der Waals surface area contributed by atoms with E-state index in [-0.39, 0.29) is 18.0 Å². The van der Waals surface area contributed by atoms with Crippen LogP contribution in [0.15, 0.2) is 0 Å². The molecule has 94 valence electrons. The Balaban J connectivity index is 2.67. The van der Waals surface area contributed by atoms with Gasteiger partial charge in [-0.1, -0.05) is 0 Å². The fourth-order valence-electron chi connectivity index (χ4n) is 1.73. The zero-order chi connectivity index (χ0) is 12.3. The molecule has 1 saturated heterocycles. The van der Waals surface area contributed by atoms with Gasteiger partial charge in [-0.3, -0.25) is 4.79 Å². The smallest absolute Gasteiger partial charge is 0.239 e. The second-order valence-electron chi connectivity index (χ2n) is 4.03. The van der Waals surface area contributed by atoms with Crippen molar-refractivity contribution in [1.82, 2.24) is 14.9 Å². The van der Waals surface area contributed by atoms with Crippen molar-refractivity contribution in [2.45, 2.75) is 25.9 Å². The van der Waals surface area contributed by atoms with Crippen molar-refractivity contribution in [2.24, 2.45) is 0 Å². The van der Waals surface area contributed by atoms with Crippen molar-refractivity contribution in [3.8, 4) is 0 Å². The van der Waals surface area contributed by atoms with Crippen LogP contribution in [0.5, 0.6) is 0 Å². The van der Waals surface area contributed by atoms with Crippen LogP contribution in [0.25, 0.3) is 0 Å². The van der Waals surface area contributed by atoms with Crippen LogP contribution in [0.2, 0.25) is 0 Å². The first kappa shape index (κ1) is 13.4. The van der Waals surface area contributed by atoms with Crippen molar-refractivity contribution in [1.29, 1.82) is 0 Å². The lowest BCUT2D eigenvalue weighted by molar-refractivity contribution is -0.132. The largest absolute Gasteiger partial charge is 0.336 e. The molecule has 1 fully saturated rings. The van der Waals surface area contributed by atoms with E-state index < -0.39 is 15.8 Å². The number of carbonyl (C=O) groups is 1. The van der Waals surface area contributed by atoms with E-state index in [1.54, 1.807) is 4.90 Å². The van der Waals surface area contributed by atoms with Crippen LogP contribution in [-0.2, 0) is 14.8 Å². The average molecular weight is 249 g/mol. The summed E-state index contributed by atoms with van der Waals surface area (Å²) in [5.41, 5.74) is 0. The van der Waals surface area contributed by atoms with Crippen LogP contribution in [0.3, 0.4) is 0 Å². The van der Waals surface area contributed by atoms with Crippen LogP contribution in [0.4, 0.5) is 0 Å². The molecule has 1 amide bonds. The zero-order valence-corrected chi connectivity index (χ0v) is 10.7. The summed E-state index contributed by atoms with van der Waals surface area (Å²) in [6.45, 7) is 5.16. The minimum Gasteiger partial charge on any atom is -0.336 e. The van der Waals surface area contributed by atoms with Crippen LogP contribution >= 0.6 is 0 Å². The minimum atomic E-state index is -3.47. The number of hydrogen-bond acceptors (Lipinski definition) is 4. The molecule has 0 radical (unpaired) electrons. The Morgan fingerprint density at radius 1 is 1.50 bits per heavy atom. The normalized spacial score (nSPS) is 26.8. The van der Waals surface area contributed by atoms with Gasteiger partial charge >= 0.3 is 0 Å². The van der Waals surface area contributed by atoms with Crippen LogP contribution in [0.1, 0.15) is 13.8 Å². The number of amides is 1. The molecule has 0 saturated carbocycles. The third kappa shape index (κ3) is 3.16. The summed E-state index contributed by atoms with van der Waals surface area (Å²) >= 11 is 0. The molecule has 16 heavy (non-hydrogen) atoms. The van der Waals surface area contributed by atoms with Crippen LogP contribution in [-0.4, -0.2) is 57.2 Å². The average Bonchev–Trinajstić information content (AvgIpc) is 2.21. The van der Waals surface area contributed by atoms with E-state index in [9.17, 15) is 13.2 Å². The Bertz CT molecular complexity index is 355. The van der Waals surface area contributed by atoms with Gasteiger partial charge in [0.2, 0.25) is 15.9 Å². The third-order valence-corrected chi connectivity index (χ3v) is 4.23. The predicted molar refractivity (Wildman–Crippen MR) is 61.5 cm³/mol. The van der Waals surface area contributed by atoms with E-state index >= 15 is 0 Å². The van der Waals surface area contributed by atoms with Gasteiger partial charge in [0.15, 0.2) is 0 Å². The Kier molecular flexibility index (Phi) is 4.28. The highest BCUT2D eigenvalue weighted by atomic mass is 32.2. The fraction of sp³-hybridized carbons (Fsp3) is 0.889. The molecule has 1 aliphatic rings. The van der Waals surface area contributed by atoms with Gasteiger partial charge < -0.3 is 10.2 Å². The van der Waals surface area contributed by atoms with Gasteiger partial charge in [-0.05, 0) is 20.9 Å². The van der Waals surface area contributed by atoms with Gasteiger partial charge in [0.25, 0.3) is 0 Å². The lowest BCUT2D eigenvalue weighted by atomic mass is 10.1. The number of nitrogens with zero attached hydrogens (tertiary/aromatic N) is 1.